The highest BCUT2D eigenvalue weighted by atomic mass is 79.9. The lowest BCUT2D eigenvalue weighted by Gasteiger charge is -2.24. The van der Waals surface area contributed by atoms with E-state index < -0.39 is 40.4 Å². The van der Waals surface area contributed by atoms with Crippen LogP contribution in [0, 0.1) is 5.82 Å². The maximum Gasteiger partial charge on any atom is 0.420 e. The molecule has 2 aromatic carbocycles. The largest absolute Gasteiger partial charge is 0.443 e. The molecular weight excluding hydrogens is 548 g/mol. The van der Waals surface area contributed by atoms with E-state index in [2.05, 4.69) is 20.7 Å². The van der Waals surface area contributed by atoms with Gasteiger partial charge in [-0.2, -0.15) is 13.2 Å². The van der Waals surface area contributed by atoms with Crippen molar-refractivity contribution in [3.05, 3.63) is 63.9 Å². The maximum absolute atomic E-state index is 13.7. The van der Waals surface area contributed by atoms with Crippen LogP contribution >= 0.6 is 27.3 Å². The van der Waals surface area contributed by atoms with Crippen molar-refractivity contribution < 1.29 is 31.3 Å². The van der Waals surface area contributed by atoms with E-state index >= 15 is 0 Å². The topological polar surface area (TPSA) is 58.6 Å². The average molecular weight is 567 g/mol. The van der Waals surface area contributed by atoms with E-state index in [1.165, 1.54) is 21.7 Å². The molecule has 12 heteroatoms. The molecule has 1 heterocycles. The number of rotatable bonds is 5. The first-order chi connectivity index (χ1) is 15.3. The molecule has 0 aliphatic carbocycles. The zero-order valence-electron chi connectivity index (χ0n) is 17.6. The Balaban J connectivity index is 2.01. The number of anilines is 1. The van der Waals surface area contributed by atoms with E-state index in [4.69, 9.17) is 4.74 Å². The van der Waals surface area contributed by atoms with Crippen molar-refractivity contribution >= 4 is 59.6 Å². The van der Waals surface area contributed by atoms with Gasteiger partial charge in [0, 0.05) is 10.1 Å². The minimum absolute atomic E-state index is 0.0485. The van der Waals surface area contributed by atoms with Gasteiger partial charge in [0.05, 0.1) is 16.6 Å². The van der Waals surface area contributed by atoms with Crippen LogP contribution in [0.25, 0.3) is 10.1 Å². The second-order valence-electron chi connectivity index (χ2n) is 7.92. The average Bonchev–Trinajstić information content (AvgIpc) is 3.01. The van der Waals surface area contributed by atoms with E-state index in [1.807, 2.05) is 18.2 Å². The molecule has 0 bridgehead atoms. The fourth-order valence-electron chi connectivity index (χ4n) is 2.85. The summed E-state index contributed by atoms with van der Waals surface area (Å²) >= 11 is 2.46. The van der Waals surface area contributed by atoms with Crippen molar-refractivity contribution in [3.63, 3.8) is 0 Å². The van der Waals surface area contributed by atoms with Gasteiger partial charge < -0.3 is 4.74 Å². The summed E-state index contributed by atoms with van der Waals surface area (Å²) in [5.74, 6) is -1.41. The van der Waals surface area contributed by atoms with Crippen LogP contribution in [0.3, 0.4) is 0 Å². The van der Waals surface area contributed by atoms with Gasteiger partial charge in [-0.25, -0.2) is 18.1 Å². The van der Waals surface area contributed by atoms with Crippen LogP contribution in [0.4, 0.5) is 27.4 Å². The fourth-order valence-corrected chi connectivity index (χ4v) is 6.02. The Morgan fingerprint density at radius 3 is 2.45 bits per heavy atom. The Morgan fingerprint density at radius 2 is 1.85 bits per heavy atom. The normalized spacial score (nSPS) is 13.1. The second-order valence-corrected chi connectivity index (χ2v) is 10.9. The Bertz CT molecular complexity index is 1210. The fraction of sp³-hybridized carbons (Fsp3) is 0.286. The number of alkyl halides is 3. The lowest BCUT2D eigenvalue weighted by atomic mass is 10.1. The highest BCUT2D eigenvalue weighted by molar-refractivity contribution is 9.10. The molecule has 0 aliphatic rings. The summed E-state index contributed by atoms with van der Waals surface area (Å²) in [6.45, 7) is 4.59. The van der Waals surface area contributed by atoms with E-state index in [-0.39, 0.29) is 12.1 Å². The number of halogens is 5. The zero-order valence-corrected chi connectivity index (χ0v) is 20.8. The van der Waals surface area contributed by atoms with Crippen molar-refractivity contribution in [2.75, 3.05) is 4.31 Å². The van der Waals surface area contributed by atoms with E-state index in [1.54, 1.807) is 26.8 Å². The third-order valence-electron chi connectivity index (χ3n) is 4.18. The molecule has 178 valence electrons. The predicted molar refractivity (Wildman–Crippen MR) is 125 cm³/mol. The van der Waals surface area contributed by atoms with Gasteiger partial charge in [-0.15, -0.1) is 11.3 Å². The number of hydrogen-bond donors (Lipinski definition) is 1. The van der Waals surface area contributed by atoms with Crippen LogP contribution in [0.15, 0.2) is 46.9 Å². The molecule has 1 unspecified atom stereocenters. The summed E-state index contributed by atoms with van der Waals surface area (Å²) in [6, 6.07) is 9.81. The highest BCUT2D eigenvalue weighted by Gasteiger charge is 2.34. The molecule has 0 spiro atoms. The molecule has 0 radical (unpaired) electrons. The Kier molecular flexibility index (Phi) is 7.39. The number of carbonyl (C=O) groups is 1. The molecule has 1 N–H and O–H groups in total. The third-order valence-corrected chi connectivity index (χ3v) is 7.60. The number of nitrogens with zero attached hydrogens (tertiary/aromatic N) is 1. The summed E-state index contributed by atoms with van der Waals surface area (Å²) in [5.41, 5.74) is -2.23. The molecule has 1 aromatic heterocycles. The van der Waals surface area contributed by atoms with E-state index in [0.717, 1.165) is 10.1 Å². The van der Waals surface area contributed by atoms with Crippen LogP contribution in [0.2, 0.25) is 0 Å². The SMILES string of the molecule is CC(C)(C)OC(=O)NS(=O)N(Cc1ccc(F)c(C(F)(F)F)c1)c1sc2ccccc2c1Br. The number of nitrogens with one attached hydrogen (secondary N) is 1. The number of carbonyl (C=O) groups excluding carboxylic acids is 1. The van der Waals surface area contributed by atoms with E-state index in [0.29, 0.717) is 21.6 Å². The number of thiophene rings is 1. The molecule has 0 saturated heterocycles. The van der Waals surface area contributed by atoms with Gasteiger partial charge in [-0.05, 0) is 60.5 Å². The lowest BCUT2D eigenvalue weighted by Crippen LogP contribution is -2.40. The van der Waals surface area contributed by atoms with E-state index in [9.17, 15) is 26.6 Å². The smallest absolute Gasteiger partial charge is 0.420 e. The number of hydrogen-bond acceptors (Lipinski definition) is 4. The molecule has 5 nitrogen and oxygen atoms in total. The Hall–Kier alpha value is -2.18. The maximum atomic E-state index is 13.7. The predicted octanol–water partition coefficient (Wildman–Crippen LogP) is 6.93. The van der Waals surface area contributed by atoms with Crippen LogP contribution in [0.5, 0.6) is 0 Å². The number of fused-ring (bicyclic) bond motifs is 1. The summed E-state index contributed by atoms with van der Waals surface area (Å²) in [5, 5.41) is 1.20. The molecular formula is C21H19BrF4N2O3S2. The second kappa shape index (κ2) is 9.59. The monoisotopic (exact) mass is 566 g/mol. The van der Waals surface area contributed by atoms with Gasteiger partial charge in [0.2, 0.25) is 11.2 Å². The molecule has 0 saturated carbocycles. The molecule has 3 rings (SSSR count). The van der Waals surface area contributed by atoms with Crippen LogP contribution in [0.1, 0.15) is 31.9 Å². The summed E-state index contributed by atoms with van der Waals surface area (Å²) < 4.78 is 76.4. The van der Waals surface area contributed by atoms with Gasteiger partial charge in [0.25, 0.3) is 0 Å². The van der Waals surface area contributed by atoms with Crippen LogP contribution in [-0.2, 0) is 28.6 Å². The first kappa shape index (κ1) is 25.4. The summed E-state index contributed by atoms with van der Waals surface area (Å²) in [4.78, 5) is 12.2. The summed E-state index contributed by atoms with van der Waals surface area (Å²) in [7, 11) is 0. The van der Waals surface area contributed by atoms with Gasteiger partial charge in [0.15, 0.2) is 0 Å². The third kappa shape index (κ3) is 6.24. The number of ether oxygens (including phenoxy) is 1. The van der Waals surface area contributed by atoms with Crippen molar-refractivity contribution in [1.29, 1.82) is 0 Å². The van der Waals surface area contributed by atoms with Crippen molar-refractivity contribution in [2.24, 2.45) is 0 Å². The zero-order chi connectivity index (χ0) is 24.6. The molecule has 0 fully saturated rings. The molecule has 1 amide bonds. The number of amides is 1. The van der Waals surface area contributed by atoms with Gasteiger partial charge >= 0.3 is 12.3 Å². The Labute approximate surface area is 202 Å². The first-order valence-corrected chi connectivity index (χ1v) is 12.2. The minimum atomic E-state index is -4.89. The van der Waals surface area contributed by atoms with Crippen LogP contribution in [-0.4, -0.2) is 15.9 Å². The quantitative estimate of drug-likeness (QED) is 0.340. The Morgan fingerprint density at radius 1 is 1.18 bits per heavy atom. The lowest BCUT2D eigenvalue weighted by molar-refractivity contribution is -0.140. The van der Waals surface area contributed by atoms with Crippen molar-refractivity contribution in [2.45, 2.75) is 39.1 Å². The molecule has 3 aromatic rings. The minimum Gasteiger partial charge on any atom is -0.443 e. The molecule has 33 heavy (non-hydrogen) atoms. The first-order valence-electron chi connectivity index (χ1n) is 9.48. The van der Waals surface area contributed by atoms with Crippen LogP contribution < -0.4 is 9.03 Å². The van der Waals surface area contributed by atoms with Gasteiger partial charge in [0.1, 0.15) is 16.4 Å². The highest BCUT2D eigenvalue weighted by Crippen LogP contribution is 2.43. The van der Waals surface area contributed by atoms with Crippen molar-refractivity contribution in [3.8, 4) is 0 Å². The van der Waals surface area contributed by atoms with Gasteiger partial charge in [-0.3, -0.25) is 4.31 Å². The van der Waals surface area contributed by atoms with Gasteiger partial charge in [-0.1, -0.05) is 24.3 Å². The number of benzene rings is 2. The summed E-state index contributed by atoms with van der Waals surface area (Å²) in [6.07, 6.45) is -5.85. The van der Waals surface area contributed by atoms with Crippen molar-refractivity contribution in [1.82, 2.24) is 4.72 Å². The standard InChI is InChI=1S/C21H19BrF4N2O3S2/c1-20(2,3)31-19(29)27-33(30)28(18-17(22)13-6-4-5-7-16(13)32-18)11-12-8-9-15(23)14(10-12)21(24,25)26/h4-10H,11H2,1-3H3,(H,27,29). The molecule has 0 aliphatic heterocycles. The molecule has 1 atom stereocenters.